The molecule has 0 saturated heterocycles. The Kier molecular flexibility index (Phi) is 6.02. The van der Waals surface area contributed by atoms with E-state index in [0.29, 0.717) is 30.5 Å². The van der Waals surface area contributed by atoms with Gasteiger partial charge in [-0.05, 0) is 31.2 Å². The second-order valence-corrected chi connectivity index (χ2v) is 5.65. The van der Waals surface area contributed by atoms with Gasteiger partial charge in [0, 0.05) is 18.7 Å². The maximum atomic E-state index is 12.2. The molecule has 0 aliphatic heterocycles. The van der Waals surface area contributed by atoms with Crippen LogP contribution in [0, 0.1) is 10.1 Å². The maximum Gasteiger partial charge on any atom is 0.291 e. The van der Waals surface area contributed by atoms with E-state index in [1.165, 1.54) is 36.5 Å². The molecule has 3 rings (SSSR count). The van der Waals surface area contributed by atoms with E-state index in [-0.39, 0.29) is 18.1 Å². The number of hydrogen-bond acceptors (Lipinski definition) is 7. The van der Waals surface area contributed by atoms with Crippen LogP contribution in [0.3, 0.4) is 0 Å². The maximum absolute atomic E-state index is 12.2. The van der Waals surface area contributed by atoms with Crippen molar-refractivity contribution in [1.82, 2.24) is 9.78 Å². The Morgan fingerprint density at radius 2 is 2.07 bits per heavy atom. The smallest absolute Gasteiger partial charge is 0.291 e. The first-order valence-electron chi connectivity index (χ1n) is 8.42. The van der Waals surface area contributed by atoms with Crippen LogP contribution >= 0.6 is 0 Å². The zero-order valence-corrected chi connectivity index (χ0v) is 15.0. The van der Waals surface area contributed by atoms with E-state index in [9.17, 15) is 14.9 Å². The van der Waals surface area contributed by atoms with E-state index < -0.39 is 10.8 Å². The molecule has 1 N–H and O–H groups in total. The summed E-state index contributed by atoms with van der Waals surface area (Å²) in [4.78, 5) is 22.4. The van der Waals surface area contributed by atoms with Crippen LogP contribution in [0.15, 0.2) is 53.2 Å². The standard InChI is InChI=1S/C18H18N4O6/c1-2-26-12-21-10-13(9-19-21)20-18(23)17-8-7-16(28-17)11-27-15-5-3-14(4-6-15)22(24)25/h3-10H,2,11-12H2,1H3,(H,20,23). The van der Waals surface area contributed by atoms with Gasteiger partial charge in [-0.1, -0.05) is 0 Å². The predicted molar refractivity (Wildman–Crippen MR) is 97.9 cm³/mol. The lowest BCUT2D eigenvalue weighted by molar-refractivity contribution is -0.384. The number of ether oxygens (including phenoxy) is 2. The predicted octanol–water partition coefficient (Wildman–Crippen LogP) is 3.21. The number of carbonyl (C=O) groups excluding carboxylic acids is 1. The topological polar surface area (TPSA) is 122 Å². The van der Waals surface area contributed by atoms with Gasteiger partial charge in [-0.3, -0.25) is 14.9 Å². The Balaban J connectivity index is 1.53. The van der Waals surface area contributed by atoms with Gasteiger partial charge < -0.3 is 19.2 Å². The van der Waals surface area contributed by atoms with Crippen molar-refractivity contribution < 1.29 is 23.6 Å². The Labute approximate surface area is 159 Å². The molecular formula is C18H18N4O6. The number of rotatable bonds is 9. The number of nitrogens with one attached hydrogen (secondary N) is 1. The minimum Gasteiger partial charge on any atom is -0.486 e. The van der Waals surface area contributed by atoms with Gasteiger partial charge in [0.05, 0.1) is 23.0 Å². The molecule has 0 aliphatic carbocycles. The summed E-state index contributed by atoms with van der Waals surface area (Å²) in [7, 11) is 0. The molecule has 0 aliphatic rings. The lowest BCUT2D eigenvalue weighted by Gasteiger charge is -2.03. The molecule has 1 amide bonds. The van der Waals surface area contributed by atoms with Gasteiger partial charge in [0.25, 0.3) is 11.6 Å². The van der Waals surface area contributed by atoms with Crippen molar-refractivity contribution in [1.29, 1.82) is 0 Å². The fraction of sp³-hybridized carbons (Fsp3) is 0.222. The van der Waals surface area contributed by atoms with Gasteiger partial charge in [-0.15, -0.1) is 0 Å². The molecule has 0 fully saturated rings. The van der Waals surface area contributed by atoms with Crippen molar-refractivity contribution >= 4 is 17.3 Å². The number of nitro groups is 1. The molecular weight excluding hydrogens is 368 g/mol. The highest BCUT2D eigenvalue weighted by molar-refractivity contribution is 6.02. The highest BCUT2D eigenvalue weighted by Crippen LogP contribution is 2.19. The molecule has 10 nitrogen and oxygen atoms in total. The van der Waals surface area contributed by atoms with Gasteiger partial charge in [0.1, 0.15) is 24.8 Å². The number of non-ortho nitro benzene ring substituents is 1. The van der Waals surface area contributed by atoms with E-state index in [0.717, 1.165) is 0 Å². The molecule has 0 radical (unpaired) electrons. The number of nitrogens with zero attached hydrogens (tertiary/aromatic N) is 3. The second-order valence-electron chi connectivity index (χ2n) is 5.65. The average Bonchev–Trinajstić information content (AvgIpc) is 3.34. The molecule has 10 heteroatoms. The molecule has 1 aromatic carbocycles. The first-order chi connectivity index (χ1) is 13.5. The van der Waals surface area contributed by atoms with Gasteiger partial charge in [-0.2, -0.15) is 5.10 Å². The molecule has 0 unspecified atom stereocenters. The third kappa shape index (κ3) is 4.95. The molecule has 3 aromatic rings. The van der Waals surface area contributed by atoms with Crippen molar-refractivity contribution in [2.24, 2.45) is 0 Å². The quantitative estimate of drug-likeness (QED) is 0.442. The number of furan rings is 1. The molecule has 2 heterocycles. The molecule has 0 saturated carbocycles. The summed E-state index contributed by atoms with van der Waals surface area (Å²) in [5.41, 5.74) is 0.499. The van der Waals surface area contributed by atoms with Crippen molar-refractivity contribution in [3.63, 3.8) is 0 Å². The first kappa shape index (κ1) is 19.1. The number of benzene rings is 1. The van der Waals surface area contributed by atoms with Crippen LogP contribution in [0.1, 0.15) is 23.2 Å². The Bertz CT molecular complexity index is 947. The summed E-state index contributed by atoms with van der Waals surface area (Å²) in [5.74, 6) is 0.600. The van der Waals surface area contributed by atoms with Gasteiger partial charge in [-0.25, -0.2) is 4.68 Å². The van der Waals surface area contributed by atoms with Crippen molar-refractivity contribution in [2.75, 3.05) is 11.9 Å². The second kappa shape index (κ2) is 8.82. The summed E-state index contributed by atoms with van der Waals surface area (Å²) in [6, 6.07) is 8.85. The molecule has 0 atom stereocenters. The zero-order chi connectivity index (χ0) is 19.9. The normalized spacial score (nSPS) is 10.6. The number of hydrogen-bond donors (Lipinski definition) is 1. The van der Waals surface area contributed by atoms with E-state index in [2.05, 4.69) is 10.4 Å². The minimum absolute atomic E-state index is 0.0196. The van der Waals surface area contributed by atoms with Crippen LogP contribution in [0.5, 0.6) is 5.75 Å². The Morgan fingerprint density at radius 3 is 2.79 bits per heavy atom. The van der Waals surface area contributed by atoms with Gasteiger partial charge in [0.15, 0.2) is 5.76 Å². The average molecular weight is 386 g/mol. The SMILES string of the molecule is CCOCn1cc(NC(=O)c2ccc(COc3ccc([N+](=O)[O-])cc3)o2)cn1. The Hall–Kier alpha value is -3.66. The van der Waals surface area contributed by atoms with Crippen LogP contribution < -0.4 is 10.1 Å². The van der Waals surface area contributed by atoms with Crippen molar-refractivity contribution in [3.05, 3.63) is 70.4 Å². The third-order valence-electron chi connectivity index (χ3n) is 3.63. The Morgan fingerprint density at radius 1 is 1.29 bits per heavy atom. The van der Waals surface area contributed by atoms with E-state index in [1.54, 1.807) is 16.9 Å². The minimum atomic E-state index is -0.484. The lowest BCUT2D eigenvalue weighted by atomic mass is 10.3. The number of nitro benzene ring substituents is 1. The molecule has 2 aromatic heterocycles. The highest BCUT2D eigenvalue weighted by atomic mass is 16.6. The lowest BCUT2D eigenvalue weighted by Crippen LogP contribution is -2.10. The summed E-state index contributed by atoms with van der Waals surface area (Å²) < 4.78 is 17.8. The van der Waals surface area contributed by atoms with Crippen LogP contribution in [-0.4, -0.2) is 27.2 Å². The monoisotopic (exact) mass is 386 g/mol. The van der Waals surface area contributed by atoms with Crippen molar-refractivity contribution in [2.45, 2.75) is 20.3 Å². The number of amides is 1. The summed E-state index contributed by atoms with van der Waals surface area (Å²) >= 11 is 0. The van der Waals surface area contributed by atoms with Crippen LogP contribution in [0.2, 0.25) is 0 Å². The van der Waals surface area contributed by atoms with E-state index >= 15 is 0 Å². The largest absolute Gasteiger partial charge is 0.486 e. The molecule has 28 heavy (non-hydrogen) atoms. The summed E-state index contributed by atoms with van der Waals surface area (Å²) in [5, 5.41) is 17.4. The summed E-state index contributed by atoms with van der Waals surface area (Å²) in [6.45, 7) is 2.83. The fourth-order valence-electron chi connectivity index (χ4n) is 2.27. The molecule has 146 valence electrons. The first-order valence-corrected chi connectivity index (χ1v) is 8.42. The van der Waals surface area contributed by atoms with E-state index in [1.807, 2.05) is 6.92 Å². The zero-order valence-electron chi connectivity index (χ0n) is 15.0. The third-order valence-corrected chi connectivity index (χ3v) is 3.63. The number of carbonyl (C=O) groups is 1. The van der Waals surface area contributed by atoms with Crippen LogP contribution in [0.25, 0.3) is 0 Å². The van der Waals surface area contributed by atoms with E-state index in [4.69, 9.17) is 13.9 Å². The van der Waals surface area contributed by atoms with Crippen LogP contribution in [-0.2, 0) is 18.1 Å². The number of aromatic nitrogens is 2. The molecule has 0 bridgehead atoms. The highest BCUT2D eigenvalue weighted by Gasteiger charge is 2.13. The van der Waals surface area contributed by atoms with Gasteiger partial charge in [0.2, 0.25) is 0 Å². The van der Waals surface area contributed by atoms with Gasteiger partial charge >= 0.3 is 0 Å². The van der Waals surface area contributed by atoms with Crippen molar-refractivity contribution in [3.8, 4) is 5.75 Å². The fourth-order valence-corrected chi connectivity index (χ4v) is 2.27. The molecule has 0 spiro atoms. The number of anilines is 1. The summed E-state index contributed by atoms with van der Waals surface area (Å²) in [6.07, 6.45) is 3.16. The van der Waals surface area contributed by atoms with Crippen LogP contribution in [0.4, 0.5) is 11.4 Å².